The number of nitrogens with one attached hydrogen (secondary N) is 2. The molecule has 6 N–H and O–H groups in total. The molecule has 38 heavy (non-hydrogen) atoms. The third-order valence-electron chi connectivity index (χ3n) is 6.85. The summed E-state index contributed by atoms with van der Waals surface area (Å²) in [7, 11) is -3.56. The lowest BCUT2D eigenvalue weighted by Crippen LogP contribution is -2.33. The number of nitrogens with zero attached hydrogens (tertiary/aromatic N) is 1. The van der Waals surface area contributed by atoms with Crippen LogP contribution in [0.3, 0.4) is 0 Å². The van der Waals surface area contributed by atoms with Crippen molar-refractivity contribution in [3.63, 3.8) is 0 Å². The summed E-state index contributed by atoms with van der Waals surface area (Å²) < 4.78 is 34.1. The topological polar surface area (TPSA) is 146 Å². The maximum absolute atomic E-state index is 13.3. The molecule has 0 amide bonds. The first-order valence-corrected chi connectivity index (χ1v) is 13.9. The molecule has 0 saturated carbocycles. The number of benzene rings is 4. The number of fused-ring (bicyclic) bond motifs is 2. The van der Waals surface area contributed by atoms with Crippen molar-refractivity contribution in [3.05, 3.63) is 107 Å². The Morgan fingerprint density at radius 1 is 0.921 bits per heavy atom. The summed E-state index contributed by atoms with van der Waals surface area (Å²) in [5.74, 6) is 0.603. The van der Waals surface area contributed by atoms with E-state index in [-0.39, 0.29) is 17.4 Å². The van der Waals surface area contributed by atoms with Crippen LogP contribution in [0.4, 0.5) is 5.69 Å². The van der Waals surface area contributed by atoms with Crippen LogP contribution in [0.2, 0.25) is 0 Å². The lowest BCUT2D eigenvalue weighted by atomic mass is 9.98. The quantitative estimate of drug-likeness (QED) is 0.198. The summed E-state index contributed by atoms with van der Waals surface area (Å²) >= 11 is 0. The third-order valence-corrected chi connectivity index (χ3v) is 8.63. The van der Waals surface area contributed by atoms with Gasteiger partial charge in [-0.25, -0.2) is 8.42 Å². The number of amidine groups is 2. The molecule has 4 aromatic carbocycles. The molecule has 9 heteroatoms. The number of sulfonamides is 1. The van der Waals surface area contributed by atoms with E-state index < -0.39 is 16.1 Å². The molecule has 0 fully saturated rings. The van der Waals surface area contributed by atoms with Crippen LogP contribution in [0.15, 0.2) is 78.9 Å². The van der Waals surface area contributed by atoms with Crippen molar-refractivity contribution in [1.29, 1.82) is 10.8 Å². The van der Waals surface area contributed by atoms with E-state index in [1.54, 1.807) is 25.1 Å². The van der Waals surface area contributed by atoms with Crippen molar-refractivity contribution in [2.75, 3.05) is 10.1 Å². The van der Waals surface area contributed by atoms with E-state index in [0.717, 1.165) is 27.5 Å². The van der Waals surface area contributed by atoms with Gasteiger partial charge >= 0.3 is 0 Å². The van der Waals surface area contributed by atoms with Crippen LogP contribution in [-0.2, 0) is 23.1 Å². The van der Waals surface area contributed by atoms with E-state index in [4.69, 9.17) is 27.0 Å². The Morgan fingerprint density at radius 2 is 1.66 bits per heavy atom. The van der Waals surface area contributed by atoms with Crippen LogP contribution in [-0.4, -0.2) is 25.8 Å². The normalized spacial score (nSPS) is 14.9. The lowest BCUT2D eigenvalue weighted by Gasteiger charge is -2.27. The minimum atomic E-state index is -3.56. The highest BCUT2D eigenvalue weighted by Crippen LogP contribution is 2.44. The molecule has 1 aliphatic heterocycles. The number of nitrogen functional groups attached to an aromatic ring is 2. The van der Waals surface area contributed by atoms with Gasteiger partial charge in [0, 0.05) is 17.5 Å². The molecular formula is C29H29N5O3S. The van der Waals surface area contributed by atoms with Gasteiger partial charge < -0.3 is 16.2 Å². The average Bonchev–Trinajstić information content (AvgIpc) is 3.31. The van der Waals surface area contributed by atoms with E-state index in [1.807, 2.05) is 60.7 Å². The summed E-state index contributed by atoms with van der Waals surface area (Å²) in [6, 6.07) is 23.9. The number of hydrogen-bond donors (Lipinski definition) is 4. The molecule has 0 aliphatic carbocycles. The standard InChI is InChI=1S/C29H29N5O3S/c1-2-38(35,36)34-26-11-10-25(37-17-18-4-3-5-21(12-18)28(30)31)15-24(26)16-27(34)20-8-6-19-7-9-22(29(32)33)14-23(19)13-20/h3-15,27H,2,16-17H2,1H3,(H3,30,31)(H3,32,33). The molecule has 1 aliphatic rings. The molecule has 0 bridgehead atoms. The third kappa shape index (κ3) is 4.80. The molecule has 0 radical (unpaired) electrons. The molecule has 0 saturated heterocycles. The minimum Gasteiger partial charge on any atom is -0.489 e. The van der Waals surface area contributed by atoms with Crippen molar-refractivity contribution in [1.82, 2.24) is 0 Å². The Bertz CT molecular complexity index is 1680. The number of ether oxygens (including phenoxy) is 1. The first-order chi connectivity index (χ1) is 18.2. The molecular weight excluding hydrogens is 498 g/mol. The largest absolute Gasteiger partial charge is 0.489 e. The van der Waals surface area contributed by atoms with Gasteiger partial charge in [0.1, 0.15) is 24.0 Å². The summed E-state index contributed by atoms with van der Waals surface area (Å²) in [5.41, 5.74) is 15.8. The summed E-state index contributed by atoms with van der Waals surface area (Å²) in [6.07, 6.45) is 0.503. The van der Waals surface area contributed by atoms with Gasteiger partial charge in [-0.05, 0) is 70.8 Å². The fraction of sp³-hybridized carbons (Fsp3) is 0.172. The number of anilines is 1. The zero-order valence-electron chi connectivity index (χ0n) is 20.9. The first-order valence-electron chi connectivity index (χ1n) is 12.3. The Kier molecular flexibility index (Phi) is 6.54. The van der Waals surface area contributed by atoms with Crippen molar-refractivity contribution in [2.24, 2.45) is 11.5 Å². The molecule has 0 aromatic heterocycles. The molecule has 1 atom stereocenters. The van der Waals surface area contributed by atoms with E-state index in [1.165, 1.54) is 4.31 Å². The van der Waals surface area contributed by atoms with Crippen LogP contribution in [0.1, 0.15) is 40.8 Å². The molecule has 1 unspecified atom stereocenters. The highest BCUT2D eigenvalue weighted by molar-refractivity contribution is 7.92. The predicted octanol–water partition coefficient (Wildman–Crippen LogP) is 4.44. The smallest absolute Gasteiger partial charge is 0.235 e. The van der Waals surface area contributed by atoms with Crippen molar-refractivity contribution in [2.45, 2.75) is 26.0 Å². The first kappa shape index (κ1) is 25.3. The van der Waals surface area contributed by atoms with Gasteiger partial charge in [-0.1, -0.05) is 42.5 Å². The van der Waals surface area contributed by atoms with Crippen LogP contribution in [0.25, 0.3) is 10.8 Å². The Hall–Kier alpha value is -4.37. The second-order valence-electron chi connectivity index (χ2n) is 9.34. The van der Waals surface area contributed by atoms with E-state index in [2.05, 4.69) is 0 Å². The molecule has 1 heterocycles. The van der Waals surface area contributed by atoms with Crippen molar-refractivity contribution < 1.29 is 13.2 Å². The Morgan fingerprint density at radius 3 is 2.39 bits per heavy atom. The lowest BCUT2D eigenvalue weighted by molar-refractivity contribution is 0.306. The highest BCUT2D eigenvalue weighted by atomic mass is 32.2. The van der Waals surface area contributed by atoms with Crippen LogP contribution < -0.4 is 20.5 Å². The molecule has 8 nitrogen and oxygen atoms in total. The number of hydrogen-bond acceptors (Lipinski definition) is 5. The van der Waals surface area contributed by atoms with Gasteiger partial charge in [-0.2, -0.15) is 0 Å². The predicted molar refractivity (Wildman–Crippen MR) is 152 cm³/mol. The van der Waals surface area contributed by atoms with E-state index in [9.17, 15) is 8.42 Å². The van der Waals surface area contributed by atoms with Gasteiger partial charge in [-0.3, -0.25) is 15.1 Å². The van der Waals surface area contributed by atoms with Gasteiger partial charge in [0.25, 0.3) is 0 Å². The summed E-state index contributed by atoms with van der Waals surface area (Å²) in [6.45, 7) is 1.94. The minimum absolute atomic E-state index is 0.00106. The van der Waals surface area contributed by atoms with Gasteiger partial charge in [0.05, 0.1) is 17.5 Å². The zero-order chi connectivity index (χ0) is 27.0. The monoisotopic (exact) mass is 527 g/mol. The van der Waals surface area contributed by atoms with Crippen molar-refractivity contribution in [3.8, 4) is 5.75 Å². The Balaban J connectivity index is 1.47. The average molecular weight is 528 g/mol. The van der Waals surface area contributed by atoms with Gasteiger partial charge in [-0.15, -0.1) is 0 Å². The maximum atomic E-state index is 13.3. The number of rotatable bonds is 8. The highest BCUT2D eigenvalue weighted by Gasteiger charge is 2.38. The van der Waals surface area contributed by atoms with Gasteiger partial charge in [0.15, 0.2) is 0 Å². The second-order valence-corrected chi connectivity index (χ2v) is 11.5. The van der Waals surface area contributed by atoms with Gasteiger partial charge in [0.2, 0.25) is 10.0 Å². The fourth-order valence-electron chi connectivity index (χ4n) is 4.86. The van der Waals surface area contributed by atoms with Crippen LogP contribution in [0, 0.1) is 10.8 Å². The summed E-state index contributed by atoms with van der Waals surface area (Å²) in [4.78, 5) is 0. The summed E-state index contributed by atoms with van der Waals surface area (Å²) in [5, 5.41) is 17.3. The second kappa shape index (κ2) is 9.83. The number of nitrogens with two attached hydrogens (primary N) is 2. The zero-order valence-corrected chi connectivity index (χ0v) is 21.8. The van der Waals surface area contributed by atoms with E-state index in [0.29, 0.717) is 35.6 Å². The molecule has 0 spiro atoms. The van der Waals surface area contributed by atoms with Crippen LogP contribution >= 0.6 is 0 Å². The van der Waals surface area contributed by atoms with E-state index >= 15 is 0 Å². The Labute approximate surface area is 221 Å². The molecule has 4 aromatic rings. The molecule has 194 valence electrons. The maximum Gasteiger partial charge on any atom is 0.235 e. The van der Waals surface area contributed by atoms with Crippen LogP contribution in [0.5, 0.6) is 5.75 Å². The fourth-order valence-corrected chi connectivity index (χ4v) is 6.20. The SMILES string of the molecule is CCS(=O)(=O)N1c2ccc(OCc3cccc(C(=N)N)c3)cc2CC1c1ccc2ccc(C(=N)N)cc2c1. The van der Waals surface area contributed by atoms with Crippen molar-refractivity contribution >= 4 is 38.2 Å². The molecule has 5 rings (SSSR count).